The molecule has 1 aliphatic rings. The SMILES string of the molecule is c1ccc(C2(c3ccccc3)c3ccccc3-c3ccc(N(c4ccc(-c5cccc(-c6ccc7ccccc7c6)c5)cc4)c4ccc5oc6ccccc6c5c4)cc32)cc1. The molecule has 0 fully saturated rings. The van der Waals surface area contributed by atoms with Crippen LogP contribution in [0.1, 0.15) is 22.3 Å². The Labute approximate surface area is 355 Å². The maximum atomic E-state index is 6.33. The third kappa shape index (κ3) is 5.64. The number of benzene rings is 10. The van der Waals surface area contributed by atoms with Gasteiger partial charge in [-0.1, -0.05) is 176 Å². The van der Waals surface area contributed by atoms with E-state index in [0.717, 1.165) is 39.0 Å². The van der Waals surface area contributed by atoms with Crippen LogP contribution in [-0.2, 0) is 5.41 Å². The molecule has 286 valence electrons. The summed E-state index contributed by atoms with van der Waals surface area (Å²) in [6.45, 7) is 0. The molecule has 0 amide bonds. The predicted octanol–water partition coefficient (Wildman–Crippen LogP) is 15.9. The largest absolute Gasteiger partial charge is 0.456 e. The van der Waals surface area contributed by atoms with Gasteiger partial charge in [0, 0.05) is 27.8 Å². The van der Waals surface area contributed by atoms with Crippen molar-refractivity contribution in [1.82, 2.24) is 0 Å². The minimum absolute atomic E-state index is 0.513. The molecule has 2 heteroatoms. The lowest BCUT2D eigenvalue weighted by Gasteiger charge is -2.35. The number of hydrogen-bond donors (Lipinski definition) is 0. The summed E-state index contributed by atoms with van der Waals surface area (Å²) in [5.41, 5.74) is 16.8. The molecule has 2 nitrogen and oxygen atoms in total. The monoisotopic (exact) mass is 777 g/mol. The average Bonchev–Trinajstić information content (AvgIpc) is 3.86. The Morgan fingerprint density at radius 3 is 1.69 bits per heavy atom. The van der Waals surface area contributed by atoms with Crippen LogP contribution in [0.4, 0.5) is 17.1 Å². The molecule has 1 heterocycles. The third-order valence-electron chi connectivity index (χ3n) is 12.7. The molecule has 0 atom stereocenters. The number of furan rings is 1. The van der Waals surface area contributed by atoms with E-state index in [2.05, 4.69) is 229 Å². The first kappa shape index (κ1) is 35.0. The topological polar surface area (TPSA) is 16.4 Å². The molecule has 0 saturated carbocycles. The zero-order chi connectivity index (χ0) is 40.3. The van der Waals surface area contributed by atoms with Crippen LogP contribution in [0, 0.1) is 0 Å². The van der Waals surface area contributed by atoms with Crippen LogP contribution in [0.15, 0.2) is 241 Å². The molecule has 1 aromatic heterocycles. The van der Waals surface area contributed by atoms with Crippen LogP contribution in [0.3, 0.4) is 0 Å². The van der Waals surface area contributed by atoms with Crippen molar-refractivity contribution in [2.75, 3.05) is 4.90 Å². The van der Waals surface area contributed by atoms with Crippen molar-refractivity contribution in [2.24, 2.45) is 0 Å². The Hall–Kier alpha value is -7.94. The van der Waals surface area contributed by atoms with Gasteiger partial charge in [-0.2, -0.15) is 0 Å². The van der Waals surface area contributed by atoms with E-state index in [-0.39, 0.29) is 0 Å². The van der Waals surface area contributed by atoms with Gasteiger partial charge in [-0.25, -0.2) is 0 Å². The second kappa shape index (κ2) is 14.1. The second-order valence-electron chi connectivity index (χ2n) is 16.1. The first-order chi connectivity index (χ1) is 30.2. The summed E-state index contributed by atoms with van der Waals surface area (Å²) < 4.78 is 6.33. The van der Waals surface area contributed by atoms with Crippen LogP contribution < -0.4 is 4.90 Å². The van der Waals surface area contributed by atoms with Crippen molar-refractivity contribution in [3.8, 4) is 33.4 Å². The van der Waals surface area contributed by atoms with Gasteiger partial charge in [0.15, 0.2) is 0 Å². The molecule has 11 aromatic rings. The lowest BCUT2D eigenvalue weighted by molar-refractivity contribution is 0.669. The number of anilines is 3. The highest BCUT2D eigenvalue weighted by molar-refractivity contribution is 6.06. The first-order valence-corrected chi connectivity index (χ1v) is 21.0. The molecule has 1 aliphatic carbocycles. The van der Waals surface area contributed by atoms with Crippen LogP contribution in [0.5, 0.6) is 0 Å². The number of fused-ring (bicyclic) bond motifs is 7. The van der Waals surface area contributed by atoms with Gasteiger partial charge < -0.3 is 9.32 Å². The van der Waals surface area contributed by atoms with E-state index in [1.807, 2.05) is 12.1 Å². The molecule has 0 aliphatic heterocycles. The van der Waals surface area contributed by atoms with Crippen molar-refractivity contribution in [2.45, 2.75) is 5.41 Å². The number of rotatable bonds is 7. The molecule has 0 N–H and O–H groups in total. The van der Waals surface area contributed by atoms with Crippen LogP contribution >= 0.6 is 0 Å². The van der Waals surface area contributed by atoms with Crippen molar-refractivity contribution in [3.05, 3.63) is 259 Å². The van der Waals surface area contributed by atoms with Gasteiger partial charge in [0.05, 0.1) is 5.41 Å². The Morgan fingerprint density at radius 1 is 0.311 bits per heavy atom. The fraction of sp³-hybridized carbons (Fsp3) is 0.0169. The van der Waals surface area contributed by atoms with E-state index in [1.165, 1.54) is 66.4 Å². The van der Waals surface area contributed by atoms with Crippen LogP contribution in [-0.4, -0.2) is 0 Å². The summed E-state index contributed by atoms with van der Waals surface area (Å²) >= 11 is 0. The summed E-state index contributed by atoms with van der Waals surface area (Å²) in [5.74, 6) is 0. The van der Waals surface area contributed by atoms with Crippen molar-refractivity contribution >= 4 is 49.8 Å². The fourth-order valence-corrected chi connectivity index (χ4v) is 9.92. The molecule has 10 aromatic carbocycles. The number of para-hydroxylation sites is 1. The van der Waals surface area contributed by atoms with E-state index in [4.69, 9.17) is 4.42 Å². The standard InChI is InChI=1S/C59H39NO/c1-3-18-46(19-4-1)59(47-20-5-2-6-21-47)55-24-11-9-22-51(55)52-34-32-50(39-56(52)59)60(49-33-35-58-54(38-49)53-23-10-12-25-57(53)61-58)48-30-28-41(29-31-48)43-16-13-17-44(36-43)45-27-26-40-14-7-8-15-42(40)37-45/h1-39H. The molecular formula is C59H39NO. The highest BCUT2D eigenvalue weighted by atomic mass is 16.3. The summed E-state index contributed by atoms with van der Waals surface area (Å²) in [5, 5.41) is 4.70. The van der Waals surface area contributed by atoms with E-state index < -0.39 is 5.41 Å². The molecule has 12 rings (SSSR count). The summed E-state index contributed by atoms with van der Waals surface area (Å²) in [4.78, 5) is 2.40. The molecule has 61 heavy (non-hydrogen) atoms. The van der Waals surface area contributed by atoms with Crippen LogP contribution in [0.2, 0.25) is 0 Å². The average molecular weight is 778 g/mol. The smallest absolute Gasteiger partial charge is 0.135 e. The van der Waals surface area contributed by atoms with Gasteiger partial charge >= 0.3 is 0 Å². The lowest BCUT2D eigenvalue weighted by Crippen LogP contribution is -2.28. The van der Waals surface area contributed by atoms with Gasteiger partial charge in [-0.15, -0.1) is 0 Å². The molecule has 0 bridgehead atoms. The molecule has 0 spiro atoms. The van der Waals surface area contributed by atoms with Crippen molar-refractivity contribution in [1.29, 1.82) is 0 Å². The van der Waals surface area contributed by atoms with E-state index >= 15 is 0 Å². The van der Waals surface area contributed by atoms with Crippen molar-refractivity contribution in [3.63, 3.8) is 0 Å². The molecule has 0 saturated heterocycles. The zero-order valence-electron chi connectivity index (χ0n) is 33.4. The van der Waals surface area contributed by atoms with Gasteiger partial charge in [0.1, 0.15) is 11.2 Å². The minimum atomic E-state index is -0.513. The maximum Gasteiger partial charge on any atom is 0.135 e. The first-order valence-electron chi connectivity index (χ1n) is 21.0. The Morgan fingerprint density at radius 2 is 0.885 bits per heavy atom. The van der Waals surface area contributed by atoms with Crippen LogP contribution in [0.25, 0.3) is 66.1 Å². The van der Waals surface area contributed by atoms with Gasteiger partial charge in [-0.3, -0.25) is 0 Å². The highest BCUT2D eigenvalue weighted by Gasteiger charge is 2.46. The Bertz CT molecular complexity index is 3380. The molecular weight excluding hydrogens is 739 g/mol. The molecule has 0 unspecified atom stereocenters. The van der Waals surface area contributed by atoms with Gasteiger partial charge in [0.2, 0.25) is 0 Å². The van der Waals surface area contributed by atoms with Crippen molar-refractivity contribution < 1.29 is 4.42 Å². The fourth-order valence-electron chi connectivity index (χ4n) is 9.92. The second-order valence-corrected chi connectivity index (χ2v) is 16.1. The third-order valence-corrected chi connectivity index (χ3v) is 12.7. The minimum Gasteiger partial charge on any atom is -0.456 e. The summed E-state index contributed by atoms with van der Waals surface area (Å²) in [7, 11) is 0. The predicted molar refractivity (Wildman–Crippen MR) is 254 cm³/mol. The lowest BCUT2D eigenvalue weighted by atomic mass is 9.67. The summed E-state index contributed by atoms with van der Waals surface area (Å²) in [6.07, 6.45) is 0. The zero-order valence-corrected chi connectivity index (χ0v) is 33.4. The highest BCUT2D eigenvalue weighted by Crippen LogP contribution is 2.57. The van der Waals surface area contributed by atoms with E-state index in [1.54, 1.807) is 0 Å². The quantitative estimate of drug-likeness (QED) is 0.160. The van der Waals surface area contributed by atoms with E-state index in [9.17, 15) is 0 Å². The molecule has 0 radical (unpaired) electrons. The normalized spacial score (nSPS) is 12.7. The van der Waals surface area contributed by atoms with Gasteiger partial charge in [0.25, 0.3) is 0 Å². The van der Waals surface area contributed by atoms with E-state index in [0.29, 0.717) is 0 Å². The summed E-state index contributed by atoms with van der Waals surface area (Å²) in [6, 6.07) is 86.2. The Kier molecular flexibility index (Phi) is 8.11. The number of nitrogens with zero attached hydrogens (tertiary/aromatic N) is 1. The maximum absolute atomic E-state index is 6.33. The number of hydrogen-bond acceptors (Lipinski definition) is 2. The van der Waals surface area contributed by atoms with Gasteiger partial charge in [-0.05, 0) is 127 Å². The Balaban J connectivity index is 1.03.